The van der Waals surface area contributed by atoms with E-state index in [-0.39, 0.29) is 16.4 Å². The highest BCUT2D eigenvalue weighted by Gasteiger charge is 2.24. The Kier molecular flexibility index (Phi) is 5.88. The van der Waals surface area contributed by atoms with Crippen LogP contribution in [0.1, 0.15) is 56.2 Å². The molecule has 0 atom stereocenters. The molecule has 7 heteroatoms. The van der Waals surface area contributed by atoms with Crippen molar-refractivity contribution < 1.29 is 12.3 Å². The zero-order valence-electron chi connectivity index (χ0n) is 21.1. The number of hydrogen-bond donors (Lipinski definition) is 1. The maximum atomic E-state index is 14.1. The van der Waals surface area contributed by atoms with Gasteiger partial charge in [-0.2, -0.15) is 8.42 Å². The lowest BCUT2D eigenvalue weighted by Crippen LogP contribution is -2.18. The van der Waals surface area contributed by atoms with Crippen molar-refractivity contribution in [1.82, 2.24) is 9.55 Å². The van der Waals surface area contributed by atoms with E-state index in [1.54, 1.807) is 12.1 Å². The summed E-state index contributed by atoms with van der Waals surface area (Å²) in [5.74, 6) is 2.67. The molecule has 5 nitrogen and oxygen atoms in total. The fourth-order valence-electron chi connectivity index (χ4n) is 6.05. The highest BCUT2D eigenvalue weighted by Crippen LogP contribution is 2.38. The number of aromatic nitrogens is 2. The van der Waals surface area contributed by atoms with Crippen molar-refractivity contribution in [2.75, 3.05) is 0 Å². The second kappa shape index (κ2) is 9.14. The van der Waals surface area contributed by atoms with Crippen molar-refractivity contribution >= 4 is 43.1 Å². The van der Waals surface area contributed by atoms with Crippen LogP contribution >= 0.6 is 0 Å². The number of aryl methyl sites for hydroxylation is 1. The molecule has 0 unspecified atom stereocenters. The molecule has 5 aromatic rings. The summed E-state index contributed by atoms with van der Waals surface area (Å²) in [5.41, 5.74) is 5.36. The Morgan fingerprint density at radius 3 is 2.55 bits per heavy atom. The molecule has 1 N–H and O–H groups in total. The average Bonchev–Trinajstić information content (AvgIpc) is 3.31. The smallest absolute Gasteiger partial charge is 0.332 e. The van der Waals surface area contributed by atoms with E-state index in [4.69, 9.17) is 6.42 Å². The van der Waals surface area contributed by atoms with Crippen LogP contribution < -0.4 is 5.43 Å². The van der Waals surface area contributed by atoms with Crippen LogP contribution in [0.2, 0.25) is 0 Å². The van der Waals surface area contributed by atoms with Gasteiger partial charge in [0.15, 0.2) is 5.43 Å². The summed E-state index contributed by atoms with van der Waals surface area (Å²) in [6, 6.07) is 15.7. The fourth-order valence-corrected chi connectivity index (χ4v) is 6.56. The summed E-state index contributed by atoms with van der Waals surface area (Å²) < 4.78 is 39.4. The first-order valence-corrected chi connectivity index (χ1v) is 14.4. The normalized spacial score (nSPS) is 14.9. The van der Waals surface area contributed by atoms with Gasteiger partial charge >= 0.3 is 10.2 Å². The zero-order chi connectivity index (χ0) is 26.6. The van der Waals surface area contributed by atoms with Gasteiger partial charge in [0.1, 0.15) is 5.65 Å². The number of aromatic amines is 1. The maximum Gasteiger partial charge on any atom is 0.332 e. The van der Waals surface area contributed by atoms with Crippen LogP contribution in [0.15, 0.2) is 64.3 Å². The zero-order valence-corrected chi connectivity index (χ0v) is 21.9. The number of fused-ring (bicyclic) bond motifs is 4. The van der Waals surface area contributed by atoms with E-state index in [1.165, 1.54) is 18.6 Å². The van der Waals surface area contributed by atoms with E-state index in [2.05, 4.69) is 15.5 Å². The van der Waals surface area contributed by atoms with Crippen molar-refractivity contribution in [2.45, 2.75) is 56.4 Å². The Bertz CT molecular complexity index is 1960. The topological polar surface area (TPSA) is 71.9 Å². The van der Waals surface area contributed by atoms with Gasteiger partial charge < -0.3 is 9.55 Å². The molecule has 0 bridgehead atoms. The molecule has 0 aliphatic heterocycles. The molecule has 1 aliphatic carbocycles. The van der Waals surface area contributed by atoms with Crippen molar-refractivity contribution in [1.29, 1.82) is 0 Å². The van der Waals surface area contributed by atoms with E-state index in [1.807, 2.05) is 37.3 Å². The van der Waals surface area contributed by atoms with Gasteiger partial charge in [-0.15, -0.1) is 10.3 Å². The Balaban J connectivity index is 1.74. The molecule has 192 valence electrons. The molecule has 1 fully saturated rings. The van der Waals surface area contributed by atoms with Crippen molar-refractivity contribution in [3.05, 3.63) is 75.9 Å². The number of nitrogens with zero attached hydrogens (tertiary/aromatic N) is 1. The molecule has 3 aromatic carbocycles. The number of terminal acetylenes is 1. The van der Waals surface area contributed by atoms with Crippen molar-refractivity contribution in [3.8, 4) is 23.5 Å². The molecule has 1 aliphatic rings. The van der Waals surface area contributed by atoms with Crippen LogP contribution in [0.25, 0.3) is 44.0 Å². The third kappa shape index (κ3) is 3.91. The third-order valence-electron chi connectivity index (χ3n) is 7.89. The largest absolute Gasteiger partial charge is 0.340 e. The van der Waals surface area contributed by atoms with Gasteiger partial charge in [-0.25, -0.2) is 0 Å². The predicted molar refractivity (Wildman–Crippen MR) is 151 cm³/mol. The molecule has 38 heavy (non-hydrogen) atoms. The number of H-pyrrole nitrogens is 1. The van der Waals surface area contributed by atoms with E-state index in [9.17, 15) is 17.1 Å². The van der Waals surface area contributed by atoms with Crippen LogP contribution in [-0.4, -0.2) is 18.0 Å². The van der Waals surface area contributed by atoms with Gasteiger partial charge in [0.2, 0.25) is 0 Å². The molecule has 0 amide bonds. The average molecular weight is 527 g/mol. The molecule has 0 saturated heterocycles. The number of halogens is 1. The van der Waals surface area contributed by atoms with Gasteiger partial charge in [-0.3, -0.25) is 4.79 Å². The summed E-state index contributed by atoms with van der Waals surface area (Å²) in [4.78, 5) is 17.2. The van der Waals surface area contributed by atoms with Crippen molar-refractivity contribution in [2.24, 2.45) is 0 Å². The van der Waals surface area contributed by atoms with Crippen LogP contribution in [0.5, 0.6) is 0 Å². The minimum absolute atomic E-state index is 0.0527. The molecule has 2 heterocycles. The first kappa shape index (κ1) is 24.4. The Morgan fingerprint density at radius 1 is 1.05 bits per heavy atom. The Morgan fingerprint density at radius 2 is 1.84 bits per heavy atom. The van der Waals surface area contributed by atoms with E-state index in [0.717, 1.165) is 64.4 Å². The molecule has 1 saturated carbocycles. The molecule has 0 spiro atoms. The standard InChI is InChI=1S/C31H27FN2O3S/c1-3-19-13-14-24-27(15-19)33-31-29(24)30(35)26-17-20(4-2)25(21-9-8-12-23(16-21)38(32,36)37)18-28(26)34(31)22-10-6-5-7-11-22/h1,8-9,12-18,22,33H,4-7,10-11H2,2H3. The number of hydrogen-bond acceptors (Lipinski definition) is 3. The van der Waals surface area contributed by atoms with Crippen LogP contribution in [0.3, 0.4) is 0 Å². The highest BCUT2D eigenvalue weighted by molar-refractivity contribution is 7.86. The lowest BCUT2D eigenvalue weighted by atomic mass is 9.92. The number of nitrogens with one attached hydrogen (secondary N) is 1. The lowest BCUT2D eigenvalue weighted by Gasteiger charge is -2.27. The van der Waals surface area contributed by atoms with E-state index in [0.29, 0.717) is 22.8 Å². The lowest BCUT2D eigenvalue weighted by molar-refractivity contribution is 0.365. The molecular formula is C31H27FN2O3S. The first-order valence-electron chi connectivity index (χ1n) is 13.0. The van der Waals surface area contributed by atoms with Gasteiger partial charge in [-0.05, 0) is 72.4 Å². The summed E-state index contributed by atoms with van der Waals surface area (Å²) >= 11 is 0. The van der Waals surface area contributed by atoms with Gasteiger partial charge in [0.05, 0.1) is 15.8 Å². The summed E-state index contributed by atoms with van der Waals surface area (Å²) in [7, 11) is -4.85. The van der Waals surface area contributed by atoms with Crippen LogP contribution in [0, 0.1) is 12.3 Å². The SMILES string of the molecule is C#Cc1ccc2c(c1)[nH]c1c2c(=O)c2cc(CC)c(-c3cccc(S(=O)(=O)F)c3)cc2n1C1CCCCC1. The first-order chi connectivity index (χ1) is 18.3. The second-order valence-corrected chi connectivity index (χ2v) is 11.4. The predicted octanol–water partition coefficient (Wildman–Crippen LogP) is 7.01. The Hall–Kier alpha value is -3.89. The second-order valence-electron chi connectivity index (χ2n) is 10.1. The van der Waals surface area contributed by atoms with E-state index >= 15 is 0 Å². The summed E-state index contributed by atoms with van der Waals surface area (Å²) in [6.07, 6.45) is 11.7. The van der Waals surface area contributed by atoms with Crippen LogP contribution in [-0.2, 0) is 16.6 Å². The molecule has 0 radical (unpaired) electrons. The highest BCUT2D eigenvalue weighted by atomic mass is 32.3. The summed E-state index contributed by atoms with van der Waals surface area (Å²) in [5, 5.41) is 2.13. The maximum absolute atomic E-state index is 14.1. The minimum Gasteiger partial charge on any atom is -0.340 e. The minimum atomic E-state index is -4.85. The van der Waals surface area contributed by atoms with E-state index < -0.39 is 10.2 Å². The Labute approximate surface area is 220 Å². The summed E-state index contributed by atoms with van der Waals surface area (Å²) in [6.45, 7) is 1.99. The molecule has 2 aromatic heterocycles. The fraction of sp³-hybridized carbons (Fsp3) is 0.258. The van der Waals surface area contributed by atoms with Gasteiger partial charge in [0.25, 0.3) is 0 Å². The molecule has 6 rings (SSSR count). The van der Waals surface area contributed by atoms with Gasteiger partial charge in [-0.1, -0.05) is 50.3 Å². The number of rotatable bonds is 4. The van der Waals surface area contributed by atoms with Gasteiger partial charge in [0, 0.05) is 27.9 Å². The van der Waals surface area contributed by atoms with Crippen molar-refractivity contribution in [3.63, 3.8) is 0 Å². The molecular weight excluding hydrogens is 499 g/mol. The number of benzene rings is 3. The van der Waals surface area contributed by atoms with Crippen LogP contribution in [0.4, 0.5) is 3.89 Å². The monoisotopic (exact) mass is 526 g/mol. The quantitative estimate of drug-likeness (QED) is 0.202. The third-order valence-corrected chi connectivity index (χ3v) is 8.70. The number of pyridine rings is 1.